The fourth-order valence-electron chi connectivity index (χ4n) is 4.13. The van der Waals surface area contributed by atoms with Gasteiger partial charge in [-0.2, -0.15) is 0 Å². The molecule has 0 radical (unpaired) electrons. The largest absolute Gasteiger partial charge is 0.361 e. The van der Waals surface area contributed by atoms with Gasteiger partial charge in [0, 0.05) is 38.3 Å². The fourth-order valence-corrected chi connectivity index (χ4v) is 4.13. The number of rotatable bonds is 4. The van der Waals surface area contributed by atoms with Crippen molar-refractivity contribution in [2.75, 3.05) is 39.8 Å². The Hall–Kier alpha value is -1.91. The van der Waals surface area contributed by atoms with Crippen molar-refractivity contribution >= 4 is 5.57 Å². The number of hydrogen-bond acceptors (Lipinski definition) is 4. The quantitative estimate of drug-likeness (QED) is 0.854. The van der Waals surface area contributed by atoms with E-state index in [1.807, 2.05) is 13.8 Å². The van der Waals surface area contributed by atoms with Crippen LogP contribution >= 0.6 is 0 Å². The van der Waals surface area contributed by atoms with Gasteiger partial charge in [-0.05, 0) is 56.0 Å². The molecule has 4 heteroatoms. The van der Waals surface area contributed by atoms with Crippen molar-refractivity contribution in [2.45, 2.75) is 26.7 Å². The zero-order valence-electron chi connectivity index (χ0n) is 15.5. The highest BCUT2D eigenvalue weighted by molar-refractivity contribution is 5.82. The lowest BCUT2D eigenvalue weighted by molar-refractivity contribution is 0.157. The Kier molecular flexibility index (Phi) is 4.48. The second kappa shape index (κ2) is 6.77. The number of nitrogens with zero attached hydrogens (tertiary/aromatic N) is 3. The molecule has 1 fully saturated rings. The van der Waals surface area contributed by atoms with E-state index in [9.17, 15) is 0 Å². The van der Waals surface area contributed by atoms with Gasteiger partial charge in [0.1, 0.15) is 5.76 Å². The van der Waals surface area contributed by atoms with Crippen LogP contribution in [0.3, 0.4) is 0 Å². The van der Waals surface area contributed by atoms with E-state index in [0.717, 1.165) is 30.8 Å². The summed E-state index contributed by atoms with van der Waals surface area (Å²) in [6.07, 6.45) is 4.58. The van der Waals surface area contributed by atoms with Gasteiger partial charge in [-0.3, -0.25) is 0 Å². The highest BCUT2D eigenvalue weighted by atomic mass is 16.5. The summed E-state index contributed by atoms with van der Waals surface area (Å²) in [6.45, 7) is 9.95. The molecule has 1 aromatic heterocycles. The summed E-state index contributed by atoms with van der Waals surface area (Å²) in [5, 5.41) is 4.14. The van der Waals surface area contributed by atoms with Crippen LogP contribution in [0, 0.1) is 13.8 Å². The van der Waals surface area contributed by atoms with Crippen LogP contribution in [0.2, 0.25) is 0 Å². The maximum Gasteiger partial charge on any atom is 0.141 e. The minimum atomic E-state index is 0.914. The zero-order valence-corrected chi connectivity index (χ0v) is 15.5. The van der Waals surface area contributed by atoms with E-state index >= 15 is 0 Å². The maximum absolute atomic E-state index is 5.39. The summed E-state index contributed by atoms with van der Waals surface area (Å²) in [6, 6.07) is 6.66. The first-order chi connectivity index (χ1) is 12.1. The van der Waals surface area contributed by atoms with Gasteiger partial charge in [-0.25, -0.2) is 0 Å². The third-order valence-corrected chi connectivity index (χ3v) is 5.67. The van der Waals surface area contributed by atoms with Crippen molar-refractivity contribution in [3.63, 3.8) is 0 Å². The SMILES string of the molecule is Cc1noc(C)c1-c1cccc2c1CC=C2CCN1CCN(C)CC1. The van der Waals surface area contributed by atoms with Crippen LogP contribution in [0.4, 0.5) is 0 Å². The molecule has 2 heterocycles. The minimum absolute atomic E-state index is 0.914. The number of aryl methyl sites for hydroxylation is 2. The molecule has 0 N–H and O–H groups in total. The third-order valence-electron chi connectivity index (χ3n) is 5.67. The molecule has 2 aliphatic rings. The number of aromatic nitrogens is 1. The van der Waals surface area contributed by atoms with Crippen LogP contribution in [0.25, 0.3) is 16.7 Å². The van der Waals surface area contributed by atoms with Crippen LogP contribution < -0.4 is 0 Å². The lowest BCUT2D eigenvalue weighted by Crippen LogP contribution is -2.44. The average Bonchev–Trinajstić information content (AvgIpc) is 3.18. The second-order valence-corrected chi connectivity index (χ2v) is 7.36. The summed E-state index contributed by atoms with van der Waals surface area (Å²) in [4.78, 5) is 5.01. The molecule has 1 aliphatic heterocycles. The second-order valence-electron chi connectivity index (χ2n) is 7.36. The van der Waals surface area contributed by atoms with Gasteiger partial charge >= 0.3 is 0 Å². The molecule has 0 amide bonds. The topological polar surface area (TPSA) is 32.5 Å². The maximum atomic E-state index is 5.39. The summed E-state index contributed by atoms with van der Waals surface area (Å²) < 4.78 is 5.39. The summed E-state index contributed by atoms with van der Waals surface area (Å²) in [5.41, 5.74) is 7.81. The molecule has 0 unspecified atom stereocenters. The van der Waals surface area contributed by atoms with Crippen molar-refractivity contribution < 1.29 is 4.52 Å². The number of hydrogen-bond donors (Lipinski definition) is 0. The molecule has 0 saturated carbocycles. The third kappa shape index (κ3) is 3.16. The predicted molar refractivity (Wildman–Crippen MR) is 102 cm³/mol. The molecular weight excluding hydrogens is 310 g/mol. The van der Waals surface area contributed by atoms with Gasteiger partial charge in [0.2, 0.25) is 0 Å². The standard InChI is InChI=1S/C21H27N3O/c1-15-21(16(2)25-22-15)20-6-4-5-18-17(7-8-19(18)20)9-10-24-13-11-23(3)12-14-24/h4-7H,8-14H2,1-3H3. The smallest absolute Gasteiger partial charge is 0.141 e. The molecule has 132 valence electrons. The fraction of sp³-hybridized carbons (Fsp3) is 0.476. The van der Waals surface area contributed by atoms with Gasteiger partial charge in [0.05, 0.1) is 5.69 Å². The van der Waals surface area contributed by atoms with Crippen molar-refractivity contribution in [2.24, 2.45) is 0 Å². The Morgan fingerprint density at radius 3 is 2.56 bits per heavy atom. The van der Waals surface area contributed by atoms with Crippen LogP contribution in [-0.2, 0) is 6.42 Å². The van der Waals surface area contributed by atoms with Crippen LogP contribution in [0.15, 0.2) is 28.8 Å². The number of likely N-dealkylation sites (N-methyl/N-ethyl adjacent to an activating group) is 1. The Morgan fingerprint density at radius 2 is 1.84 bits per heavy atom. The number of benzene rings is 1. The summed E-state index contributed by atoms with van der Waals surface area (Å²) in [7, 11) is 2.21. The molecule has 0 atom stereocenters. The van der Waals surface area contributed by atoms with Crippen LogP contribution in [-0.4, -0.2) is 54.7 Å². The van der Waals surface area contributed by atoms with E-state index in [1.54, 1.807) is 0 Å². The molecule has 25 heavy (non-hydrogen) atoms. The van der Waals surface area contributed by atoms with E-state index in [0.29, 0.717) is 0 Å². The highest BCUT2D eigenvalue weighted by Gasteiger charge is 2.22. The summed E-state index contributed by atoms with van der Waals surface area (Å²) in [5.74, 6) is 0.914. The number of piperazine rings is 1. The van der Waals surface area contributed by atoms with E-state index < -0.39 is 0 Å². The Balaban J connectivity index is 1.52. The first-order valence-corrected chi connectivity index (χ1v) is 9.29. The Morgan fingerprint density at radius 1 is 1.08 bits per heavy atom. The molecular formula is C21H27N3O. The van der Waals surface area contributed by atoms with E-state index in [-0.39, 0.29) is 0 Å². The van der Waals surface area contributed by atoms with Gasteiger partial charge in [-0.15, -0.1) is 0 Å². The molecule has 2 aromatic rings. The molecule has 0 spiro atoms. The molecule has 1 aromatic carbocycles. The first-order valence-electron chi connectivity index (χ1n) is 9.29. The Bertz CT molecular complexity index is 778. The summed E-state index contributed by atoms with van der Waals surface area (Å²) >= 11 is 0. The first kappa shape index (κ1) is 16.6. The van der Waals surface area contributed by atoms with Gasteiger partial charge in [0.15, 0.2) is 0 Å². The van der Waals surface area contributed by atoms with Crippen LogP contribution in [0.1, 0.15) is 29.0 Å². The minimum Gasteiger partial charge on any atom is -0.361 e. The van der Waals surface area contributed by atoms with Gasteiger partial charge < -0.3 is 14.3 Å². The van der Waals surface area contributed by atoms with Crippen molar-refractivity contribution in [3.05, 3.63) is 46.9 Å². The zero-order chi connectivity index (χ0) is 17.4. The van der Waals surface area contributed by atoms with Gasteiger partial charge in [0.25, 0.3) is 0 Å². The predicted octanol–water partition coefficient (Wildman–Crippen LogP) is 3.54. The molecule has 1 aliphatic carbocycles. The number of fused-ring (bicyclic) bond motifs is 1. The van der Waals surface area contributed by atoms with Crippen molar-refractivity contribution in [3.8, 4) is 11.1 Å². The van der Waals surface area contributed by atoms with E-state index in [2.05, 4.69) is 46.3 Å². The normalized spacial score (nSPS) is 18.4. The Labute approximate surface area is 150 Å². The van der Waals surface area contributed by atoms with Crippen LogP contribution in [0.5, 0.6) is 0 Å². The molecule has 0 bridgehead atoms. The number of allylic oxidation sites excluding steroid dienone is 1. The molecule has 1 saturated heterocycles. The van der Waals surface area contributed by atoms with Gasteiger partial charge in [-0.1, -0.05) is 29.4 Å². The monoisotopic (exact) mass is 337 g/mol. The average molecular weight is 337 g/mol. The van der Waals surface area contributed by atoms with Crippen molar-refractivity contribution in [1.82, 2.24) is 15.0 Å². The van der Waals surface area contributed by atoms with E-state index in [1.165, 1.54) is 54.0 Å². The lowest BCUT2D eigenvalue weighted by Gasteiger charge is -2.32. The van der Waals surface area contributed by atoms with E-state index in [4.69, 9.17) is 4.52 Å². The molecule has 4 nitrogen and oxygen atoms in total. The molecule has 4 rings (SSSR count). The highest BCUT2D eigenvalue weighted by Crippen LogP contribution is 2.38. The lowest BCUT2D eigenvalue weighted by atomic mass is 9.93. The van der Waals surface area contributed by atoms with Crippen molar-refractivity contribution in [1.29, 1.82) is 0 Å².